The highest BCUT2D eigenvalue weighted by Gasteiger charge is 2.12. The summed E-state index contributed by atoms with van der Waals surface area (Å²) >= 11 is 22.9. The Morgan fingerprint density at radius 2 is 1.58 bits per heavy atom. The lowest BCUT2D eigenvalue weighted by atomic mass is 10.3. The van der Waals surface area contributed by atoms with Crippen molar-refractivity contribution in [3.63, 3.8) is 0 Å². The Kier molecular flexibility index (Phi) is 3.32. The van der Waals surface area contributed by atoms with Gasteiger partial charge in [-0.05, 0) is 6.07 Å². The van der Waals surface area contributed by atoms with Crippen molar-refractivity contribution >= 4 is 52.1 Å². The normalized spacial score (nSPS) is 10.1. The van der Waals surface area contributed by atoms with Crippen LogP contribution in [0.5, 0.6) is 0 Å². The number of anilines is 1. The Labute approximate surface area is 89.5 Å². The fourth-order valence-electron chi connectivity index (χ4n) is 0.699. The molecule has 0 saturated heterocycles. The van der Waals surface area contributed by atoms with Gasteiger partial charge >= 0.3 is 0 Å². The third kappa shape index (κ3) is 1.73. The fraction of sp³-hybridized carbons (Fsp3) is 0. The van der Waals surface area contributed by atoms with Crippen molar-refractivity contribution in [3.8, 4) is 0 Å². The highest BCUT2D eigenvalue weighted by molar-refractivity contribution is 6.51. The minimum Gasteiger partial charge on any atom is -0.321 e. The van der Waals surface area contributed by atoms with Crippen molar-refractivity contribution in [1.82, 2.24) is 0 Å². The van der Waals surface area contributed by atoms with E-state index in [1.54, 1.807) is 0 Å². The minimum absolute atomic E-state index is 0.219. The zero-order valence-electron chi connectivity index (χ0n) is 5.67. The largest absolute Gasteiger partial charge is 0.321 e. The van der Waals surface area contributed by atoms with E-state index in [1.165, 1.54) is 6.07 Å². The summed E-state index contributed by atoms with van der Waals surface area (Å²) in [5.41, 5.74) is 2.69. The van der Waals surface area contributed by atoms with Crippen LogP contribution in [0.4, 0.5) is 5.69 Å². The molecule has 0 atom stereocenters. The molecule has 0 aromatic heterocycles. The summed E-state index contributed by atoms with van der Waals surface area (Å²) in [6, 6.07) is 1.46. The number of nitrogens with one attached hydrogen (secondary N) is 1. The molecule has 6 heteroatoms. The Balaban J connectivity index is 3.40. The zero-order valence-corrected chi connectivity index (χ0v) is 8.69. The first-order valence-corrected chi connectivity index (χ1v) is 4.38. The second-order valence-corrected chi connectivity index (χ2v) is 3.56. The molecule has 0 aliphatic rings. The van der Waals surface area contributed by atoms with Crippen LogP contribution < -0.4 is 11.3 Å². The van der Waals surface area contributed by atoms with Gasteiger partial charge in [-0.15, -0.1) is 0 Å². The lowest BCUT2D eigenvalue weighted by Gasteiger charge is -2.08. The smallest absolute Gasteiger partial charge is 0.0877 e. The van der Waals surface area contributed by atoms with Crippen LogP contribution in [0.15, 0.2) is 6.07 Å². The summed E-state index contributed by atoms with van der Waals surface area (Å²) in [5, 5.41) is 1.08. The van der Waals surface area contributed by atoms with E-state index in [-0.39, 0.29) is 10.0 Å². The predicted molar refractivity (Wildman–Crippen MR) is 54.3 cm³/mol. The van der Waals surface area contributed by atoms with Gasteiger partial charge in [0.1, 0.15) is 0 Å². The maximum Gasteiger partial charge on any atom is 0.0877 e. The number of halogens is 4. The summed E-state index contributed by atoms with van der Waals surface area (Å²) in [5.74, 6) is 5.15. The SMILES string of the molecule is NNc1c(Cl)cc(Cl)c(Cl)c1Cl. The van der Waals surface area contributed by atoms with Crippen LogP contribution >= 0.6 is 46.4 Å². The topological polar surface area (TPSA) is 38.0 Å². The molecule has 0 bridgehead atoms. The van der Waals surface area contributed by atoms with Crippen molar-refractivity contribution in [3.05, 3.63) is 26.2 Å². The molecule has 1 aromatic rings. The first-order valence-electron chi connectivity index (χ1n) is 2.87. The fourth-order valence-corrected chi connectivity index (χ4v) is 1.72. The van der Waals surface area contributed by atoms with E-state index in [0.717, 1.165) is 0 Å². The van der Waals surface area contributed by atoms with Gasteiger partial charge in [-0.2, -0.15) is 0 Å². The van der Waals surface area contributed by atoms with E-state index in [0.29, 0.717) is 15.7 Å². The lowest BCUT2D eigenvalue weighted by Crippen LogP contribution is -2.07. The third-order valence-corrected chi connectivity index (χ3v) is 2.82. The molecular formula is C6H4Cl4N2. The highest BCUT2D eigenvalue weighted by Crippen LogP contribution is 2.40. The Hall–Kier alpha value is 0.140. The van der Waals surface area contributed by atoms with E-state index in [2.05, 4.69) is 5.43 Å². The van der Waals surface area contributed by atoms with Crippen molar-refractivity contribution < 1.29 is 0 Å². The standard InChI is InChI=1S/C6H4Cl4N2/c7-2-1-3(8)6(12-11)5(10)4(2)9/h1,12H,11H2. The molecule has 12 heavy (non-hydrogen) atoms. The number of nitrogens with two attached hydrogens (primary N) is 1. The molecule has 2 nitrogen and oxygen atoms in total. The number of nitrogen functional groups attached to an aromatic ring is 1. The first kappa shape index (κ1) is 10.2. The molecular weight excluding hydrogens is 242 g/mol. The van der Waals surface area contributed by atoms with Crippen molar-refractivity contribution in [2.45, 2.75) is 0 Å². The molecule has 0 aliphatic heterocycles. The van der Waals surface area contributed by atoms with Gasteiger partial charge < -0.3 is 5.43 Å². The predicted octanol–water partition coefficient (Wildman–Crippen LogP) is 3.59. The van der Waals surface area contributed by atoms with Crippen LogP contribution in [0.25, 0.3) is 0 Å². The number of hydrogen-bond donors (Lipinski definition) is 2. The van der Waals surface area contributed by atoms with Crippen LogP contribution in [-0.2, 0) is 0 Å². The van der Waals surface area contributed by atoms with E-state index < -0.39 is 0 Å². The summed E-state index contributed by atoms with van der Waals surface area (Å²) < 4.78 is 0. The van der Waals surface area contributed by atoms with Gasteiger partial charge in [-0.1, -0.05) is 46.4 Å². The molecule has 0 spiro atoms. The van der Waals surface area contributed by atoms with Crippen LogP contribution in [0.2, 0.25) is 20.1 Å². The van der Waals surface area contributed by atoms with Crippen LogP contribution in [0.1, 0.15) is 0 Å². The number of rotatable bonds is 1. The van der Waals surface area contributed by atoms with Crippen LogP contribution in [-0.4, -0.2) is 0 Å². The highest BCUT2D eigenvalue weighted by atomic mass is 35.5. The van der Waals surface area contributed by atoms with E-state index >= 15 is 0 Å². The van der Waals surface area contributed by atoms with E-state index in [9.17, 15) is 0 Å². The Morgan fingerprint density at radius 3 is 2.08 bits per heavy atom. The summed E-state index contributed by atoms with van der Waals surface area (Å²) in [6.45, 7) is 0. The molecule has 0 saturated carbocycles. The first-order chi connectivity index (χ1) is 5.57. The maximum absolute atomic E-state index is 5.76. The van der Waals surface area contributed by atoms with Crippen molar-refractivity contribution in [2.24, 2.45) is 5.84 Å². The van der Waals surface area contributed by atoms with Gasteiger partial charge in [0.05, 0.1) is 25.8 Å². The van der Waals surface area contributed by atoms with Crippen LogP contribution in [0.3, 0.4) is 0 Å². The molecule has 0 fully saturated rings. The molecule has 0 heterocycles. The van der Waals surface area contributed by atoms with Gasteiger partial charge in [-0.3, -0.25) is 5.84 Å². The monoisotopic (exact) mass is 244 g/mol. The zero-order chi connectivity index (χ0) is 9.30. The van der Waals surface area contributed by atoms with E-state index in [1.807, 2.05) is 0 Å². The lowest BCUT2D eigenvalue weighted by molar-refractivity contribution is 1.35. The molecule has 1 aromatic carbocycles. The van der Waals surface area contributed by atoms with Gasteiger partial charge in [0.25, 0.3) is 0 Å². The average Bonchev–Trinajstić information content (AvgIpc) is 2.01. The van der Waals surface area contributed by atoms with Gasteiger partial charge in [-0.25, -0.2) is 0 Å². The molecule has 3 N–H and O–H groups in total. The summed E-state index contributed by atoms with van der Waals surface area (Å²) in [7, 11) is 0. The number of benzene rings is 1. The Bertz CT molecular complexity index is 313. The maximum atomic E-state index is 5.76. The van der Waals surface area contributed by atoms with Gasteiger partial charge in [0, 0.05) is 0 Å². The van der Waals surface area contributed by atoms with Crippen molar-refractivity contribution in [2.75, 3.05) is 5.43 Å². The molecule has 1 rings (SSSR count). The summed E-state index contributed by atoms with van der Waals surface area (Å²) in [6.07, 6.45) is 0. The van der Waals surface area contributed by atoms with Gasteiger partial charge in [0.15, 0.2) is 0 Å². The molecule has 0 aliphatic carbocycles. The third-order valence-electron chi connectivity index (χ3n) is 1.26. The summed E-state index contributed by atoms with van der Waals surface area (Å²) in [4.78, 5) is 0. The van der Waals surface area contributed by atoms with Crippen LogP contribution in [0, 0.1) is 0 Å². The Morgan fingerprint density at radius 1 is 1.00 bits per heavy atom. The molecule has 0 radical (unpaired) electrons. The van der Waals surface area contributed by atoms with Crippen molar-refractivity contribution in [1.29, 1.82) is 0 Å². The second kappa shape index (κ2) is 3.90. The quantitative estimate of drug-likeness (QED) is 0.344. The number of hydrogen-bond acceptors (Lipinski definition) is 2. The van der Waals surface area contributed by atoms with Gasteiger partial charge in [0.2, 0.25) is 0 Å². The second-order valence-electron chi connectivity index (χ2n) is 1.99. The molecule has 0 amide bonds. The molecule has 66 valence electrons. The van der Waals surface area contributed by atoms with E-state index in [4.69, 9.17) is 52.2 Å². The minimum atomic E-state index is 0.219. The number of hydrazine groups is 1. The average molecular weight is 246 g/mol. The molecule has 0 unspecified atom stereocenters.